The highest BCUT2D eigenvalue weighted by Crippen LogP contribution is 2.45. The van der Waals surface area contributed by atoms with Gasteiger partial charge in [0.1, 0.15) is 0 Å². The molecular weight excluding hydrogens is 134 g/mol. The molecule has 0 spiro atoms. The molecule has 0 heterocycles. The van der Waals surface area contributed by atoms with Gasteiger partial charge in [0.05, 0.1) is 0 Å². The fourth-order valence-electron chi connectivity index (χ4n) is 2.16. The van der Waals surface area contributed by atoms with Gasteiger partial charge in [0.2, 0.25) is 0 Å². The van der Waals surface area contributed by atoms with Crippen LogP contribution in [0.2, 0.25) is 0 Å². The molecule has 0 aromatic carbocycles. The molecule has 3 atom stereocenters. The maximum absolute atomic E-state index is 5.59. The largest absolute Gasteiger partial charge is 0.330 e. The first-order valence-corrected chi connectivity index (χ1v) is 4.85. The molecule has 0 radical (unpaired) electrons. The first kappa shape index (κ1) is 9.05. The molecule has 0 aliphatic heterocycles. The number of hydrogen-bond donors (Lipinski definition) is 1. The van der Waals surface area contributed by atoms with Crippen molar-refractivity contribution in [1.82, 2.24) is 0 Å². The molecule has 0 bridgehead atoms. The third kappa shape index (κ3) is 2.48. The summed E-state index contributed by atoms with van der Waals surface area (Å²) in [4.78, 5) is 0. The molecule has 0 saturated heterocycles. The van der Waals surface area contributed by atoms with Gasteiger partial charge in [0.25, 0.3) is 0 Å². The molecular formula is C10H21N. The molecule has 1 nitrogen and oxygen atoms in total. The van der Waals surface area contributed by atoms with Crippen molar-refractivity contribution in [2.75, 3.05) is 6.54 Å². The smallest absolute Gasteiger partial charge is 0.00460 e. The highest BCUT2D eigenvalue weighted by molar-refractivity contribution is 4.90. The zero-order valence-electron chi connectivity index (χ0n) is 8.01. The van der Waals surface area contributed by atoms with Crippen LogP contribution in [0.5, 0.6) is 0 Å². The summed E-state index contributed by atoms with van der Waals surface area (Å²) in [5.41, 5.74) is 5.59. The second-order valence-electron chi connectivity index (χ2n) is 4.50. The van der Waals surface area contributed by atoms with E-state index in [-0.39, 0.29) is 0 Å². The van der Waals surface area contributed by atoms with Crippen LogP contribution in [-0.2, 0) is 0 Å². The van der Waals surface area contributed by atoms with Crippen LogP contribution in [0.15, 0.2) is 0 Å². The standard InChI is InChI=1S/C10H21N/c1-7(2)4-8(3)10-5-9(10)6-11/h7-10H,4-6,11H2,1-3H3. The summed E-state index contributed by atoms with van der Waals surface area (Å²) in [6.45, 7) is 7.89. The molecule has 1 heteroatoms. The third-order valence-corrected chi connectivity index (χ3v) is 2.85. The minimum atomic E-state index is 0.851. The quantitative estimate of drug-likeness (QED) is 0.662. The van der Waals surface area contributed by atoms with Crippen LogP contribution in [0.4, 0.5) is 0 Å². The minimum Gasteiger partial charge on any atom is -0.330 e. The molecule has 66 valence electrons. The van der Waals surface area contributed by atoms with Crippen LogP contribution in [0.25, 0.3) is 0 Å². The van der Waals surface area contributed by atoms with E-state index < -0.39 is 0 Å². The Labute approximate surface area is 70.4 Å². The van der Waals surface area contributed by atoms with Gasteiger partial charge in [-0.3, -0.25) is 0 Å². The highest BCUT2D eigenvalue weighted by atomic mass is 14.6. The van der Waals surface area contributed by atoms with Crippen LogP contribution in [0, 0.1) is 23.7 Å². The zero-order valence-corrected chi connectivity index (χ0v) is 8.01. The Kier molecular flexibility index (Phi) is 2.94. The van der Waals surface area contributed by atoms with Crippen LogP contribution in [0.3, 0.4) is 0 Å². The molecule has 1 rings (SSSR count). The summed E-state index contributed by atoms with van der Waals surface area (Å²) >= 11 is 0. The summed E-state index contributed by atoms with van der Waals surface area (Å²) in [5, 5.41) is 0. The van der Waals surface area contributed by atoms with E-state index >= 15 is 0 Å². The molecule has 0 aromatic rings. The highest BCUT2D eigenvalue weighted by Gasteiger charge is 2.39. The second kappa shape index (κ2) is 3.57. The molecule has 3 unspecified atom stereocenters. The van der Waals surface area contributed by atoms with Crippen LogP contribution < -0.4 is 5.73 Å². The van der Waals surface area contributed by atoms with Crippen LogP contribution >= 0.6 is 0 Å². The molecule has 2 N–H and O–H groups in total. The Morgan fingerprint density at radius 1 is 1.36 bits per heavy atom. The summed E-state index contributed by atoms with van der Waals surface area (Å²) in [7, 11) is 0. The van der Waals surface area contributed by atoms with Crippen molar-refractivity contribution >= 4 is 0 Å². The van der Waals surface area contributed by atoms with Crippen molar-refractivity contribution in [2.24, 2.45) is 29.4 Å². The van der Waals surface area contributed by atoms with Gasteiger partial charge in [-0.2, -0.15) is 0 Å². The van der Waals surface area contributed by atoms with E-state index in [1.807, 2.05) is 0 Å². The lowest BCUT2D eigenvalue weighted by atomic mass is 9.94. The van der Waals surface area contributed by atoms with Gasteiger partial charge in [-0.15, -0.1) is 0 Å². The van der Waals surface area contributed by atoms with Gasteiger partial charge in [-0.1, -0.05) is 20.8 Å². The van der Waals surface area contributed by atoms with E-state index in [0.717, 1.165) is 30.2 Å². The van der Waals surface area contributed by atoms with Crippen LogP contribution in [0.1, 0.15) is 33.6 Å². The molecule has 1 aliphatic carbocycles. The topological polar surface area (TPSA) is 26.0 Å². The number of nitrogens with two attached hydrogens (primary N) is 1. The lowest BCUT2D eigenvalue weighted by Crippen LogP contribution is -2.08. The van der Waals surface area contributed by atoms with Crippen molar-refractivity contribution in [3.63, 3.8) is 0 Å². The lowest BCUT2D eigenvalue weighted by Gasteiger charge is -2.12. The molecule has 0 amide bonds. The van der Waals surface area contributed by atoms with Crippen LogP contribution in [-0.4, -0.2) is 6.54 Å². The van der Waals surface area contributed by atoms with E-state index in [9.17, 15) is 0 Å². The Hall–Kier alpha value is -0.0400. The molecule has 11 heavy (non-hydrogen) atoms. The van der Waals surface area contributed by atoms with E-state index in [2.05, 4.69) is 20.8 Å². The van der Waals surface area contributed by atoms with Crippen molar-refractivity contribution < 1.29 is 0 Å². The van der Waals surface area contributed by atoms with Gasteiger partial charge in [-0.05, 0) is 43.1 Å². The lowest BCUT2D eigenvalue weighted by molar-refractivity contribution is 0.382. The average molecular weight is 155 g/mol. The van der Waals surface area contributed by atoms with Crippen molar-refractivity contribution in [2.45, 2.75) is 33.6 Å². The first-order chi connectivity index (χ1) is 5.15. The summed E-state index contributed by atoms with van der Waals surface area (Å²) in [5.74, 6) is 3.58. The van der Waals surface area contributed by atoms with Gasteiger partial charge in [-0.25, -0.2) is 0 Å². The predicted molar refractivity (Wildman–Crippen MR) is 49.3 cm³/mol. The SMILES string of the molecule is CC(C)CC(C)C1CC1CN. The average Bonchev–Trinajstić information content (AvgIpc) is 2.63. The Morgan fingerprint density at radius 2 is 2.00 bits per heavy atom. The first-order valence-electron chi connectivity index (χ1n) is 4.85. The van der Waals surface area contributed by atoms with Crippen molar-refractivity contribution in [3.8, 4) is 0 Å². The molecule has 1 saturated carbocycles. The zero-order chi connectivity index (χ0) is 8.43. The molecule has 1 fully saturated rings. The second-order valence-corrected chi connectivity index (χ2v) is 4.50. The number of rotatable bonds is 4. The summed E-state index contributed by atoms with van der Waals surface area (Å²) in [6, 6.07) is 0. The fourth-order valence-corrected chi connectivity index (χ4v) is 2.16. The van der Waals surface area contributed by atoms with Gasteiger partial charge in [0.15, 0.2) is 0 Å². The normalized spacial score (nSPS) is 32.5. The van der Waals surface area contributed by atoms with Crippen molar-refractivity contribution in [3.05, 3.63) is 0 Å². The molecule has 0 aromatic heterocycles. The number of hydrogen-bond acceptors (Lipinski definition) is 1. The van der Waals surface area contributed by atoms with Gasteiger partial charge < -0.3 is 5.73 Å². The van der Waals surface area contributed by atoms with Crippen molar-refractivity contribution in [1.29, 1.82) is 0 Å². The maximum atomic E-state index is 5.59. The Bertz CT molecular complexity index is 120. The van der Waals surface area contributed by atoms with Gasteiger partial charge >= 0.3 is 0 Å². The Balaban J connectivity index is 2.17. The van der Waals surface area contributed by atoms with Gasteiger partial charge in [0, 0.05) is 0 Å². The summed E-state index contributed by atoms with van der Waals surface area (Å²) < 4.78 is 0. The van der Waals surface area contributed by atoms with E-state index in [0.29, 0.717) is 0 Å². The van der Waals surface area contributed by atoms with E-state index in [1.165, 1.54) is 12.8 Å². The monoisotopic (exact) mass is 155 g/mol. The van der Waals surface area contributed by atoms with E-state index in [1.54, 1.807) is 0 Å². The maximum Gasteiger partial charge on any atom is -0.00460 e. The fraction of sp³-hybridized carbons (Fsp3) is 1.00. The Morgan fingerprint density at radius 3 is 2.36 bits per heavy atom. The predicted octanol–water partition coefficient (Wildman–Crippen LogP) is 2.26. The third-order valence-electron chi connectivity index (χ3n) is 2.85. The molecule has 1 aliphatic rings. The van der Waals surface area contributed by atoms with E-state index in [4.69, 9.17) is 5.73 Å². The summed E-state index contributed by atoms with van der Waals surface area (Å²) in [6.07, 6.45) is 2.77. The minimum absolute atomic E-state index is 0.851.